The van der Waals surface area contributed by atoms with E-state index in [-0.39, 0.29) is 36.9 Å². The van der Waals surface area contributed by atoms with Gasteiger partial charge in [0.05, 0.1) is 5.92 Å². The van der Waals surface area contributed by atoms with Crippen molar-refractivity contribution < 1.29 is 23.5 Å². The van der Waals surface area contributed by atoms with E-state index < -0.39 is 5.92 Å². The van der Waals surface area contributed by atoms with Gasteiger partial charge in [-0.15, -0.1) is 0 Å². The van der Waals surface area contributed by atoms with Crippen LogP contribution in [0.25, 0.3) is 0 Å². The van der Waals surface area contributed by atoms with Crippen molar-refractivity contribution in [3.63, 3.8) is 0 Å². The fourth-order valence-corrected chi connectivity index (χ4v) is 3.96. The summed E-state index contributed by atoms with van der Waals surface area (Å²) in [6.07, 6.45) is 0. The summed E-state index contributed by atoms with van der Waals surface area (Å²) in [6.45, 7) is 5.36. The molecule has 2 aromatic carbocycles. The molecule has 0 aliphatic carbocycles. The van der Waals surface area contributed by atoms with Crippen LogP contribution >= 0.6 is 0 Å². The smallest absolute Gasteiger partial charge is 0.254 e. The fraction of sp³-hybridized carbons (Fsp3) is 0.391. The Hall–Kier alpha value is -3.09. The number of likely N-dealkylation sites (tertiary alicyclic amines) is 1. The van der Waals surface area contributed by atoms with Crippen molar-refractivity contribution in [1.29, 1.82) is 0 Å². The lowest BCUT2D eigenvalue weighted by Gasteiger charge is -2.19. The monoisotopic (exact) mass is 412 g/mol. The number of amides is 2. The Morgan fingerprint density at radius 2 is 1.93 bits per heavy atom. The van der Waals surface area contributed by atoms with Crippen molar-refractivity contribution >= 4 is 11.8 Å². The predicted molar refractivity (Wildman–Crippen MR) is 109 cm³/mol. The van der Waals surface area contributed by atoms with Gasteiger partial charge >= 0.3 is 0 Å². The third-order valence-corrected chi connectivity index (χ3v) is 5.52. The van der Waals surface area contributed by atoms with Crippen LogP contribution in [0.15, 0.2) is 42.5 Å². The van der Waals surface area contributed by atoms with Crippen LogP contribution in [0.1, 0.15) is 35.7 Å². The number of hydrogen-bond donors (Lipinski definition) is 1. The lowest BCUT2D eigenvalue weighted by Crippen LogP contribution is -2.37. The Labute approximate surface area is 175 Å². The van der Waals surface area contributed by atoms with Gasteiger partial charge in [-0.05, 0) is 41.8 Å². The highest BCUT2D eigenvalue weighted by Crippen LogP contribution is 2.36. The number of carbonyl (C=O) groups is 2. The van der Waals surface area contributed by atoms with Gasteiger partial charge in [0.25, 0.3) is 5.91 Å². The summed E-state index contributed by atoms with van der Waals surface area (Å²) in [4.78, 5) is 27.7. The zero-order chi connectivity index (χ0) is 21.3. The highest BCUT2D eigenvalue weighted by Gasteiger charge is 2.40. The molecule has 1 N–H and O–H groups in total. The number of ether oxygens (including phenoxy) is 2. The summed E-state index contributed by atoms with van der Waals surface area (Å²) in [6, 6.07) is 11.3. The zero-order valence-corrected chi connectivity index (χ0v) is 17.1. The van der Waals surface area contributed by atoms with Crippen LogP contribution in [0.4, 0.5) is 4.39 Å². The molecule has 2 aliphatic rings. The number of benzene rings is 2. The van der Waals surface area contributed by atoms with Crippen LogP contribution in [0, 0.1) is 17.7 Å². The average Bonchev–Trinajstić information content (AvgIpc) is 3.38. The maximum absolute atomic E-state index is 13.8. The molecule has 0 aromatic heterocycles. The van der Waals surface area contributed by atoms with Gasteiger partial charge in [-0.3, -0.25) is 9.59 Å². The van der Waals surface area contributed by atoms with E-state index in [1.54, 1.807) is 29.2 Å². The molecule has 0 saturated carbocycles. The van der Waals surface area contributed by atoms with Crippen molar-refractivity contribution in [2.45, 2.75) is 19.8 Å². The Kier molecular flexibility index (Phi) is 5.61. The van der Waals surface area contributed by atoms with Crippen LogP contribution in [0.3, 0.4) is 0 Å². The number of hydrogen-bond acceptors (Lipinski definition) is 4. The maximum atomic E-state index is 13.8. The average molecular weight is 412 g/mol. The quantitative estimate of drug-likeness (QED) is 0.819. The molecule has 2 unspecified atom stereocenters. The molecule has 4 rings (SSSR count). The molecular weight excluding hydrogens is 387 g/mol. The summed E-state index contributed by atoms with van der Waals surface area (Å²) < 4.78 is 24.5. The normalized spacial score (nSPS) is 19.9. The molecule has 2 amide bonds. The highest BCUT2D eigenvalue weighted by atomic mass is 19.1. The molecular formula is C23H25FN2O4. The van der Waals surface area contributed by atoms with Crippen LogP contribution < -0.4 is 14.8 Å². The zero-order valence-electron chi connectivity index (χ0n) is 17.1. The molecule has 1 fully saturated rings. The molecule has 2 atom stereocenters. The van der Waals surface area contributed by atoms with E-state index in [1.807, 2.05) is 19.9 Å². The largest absolute Gasteiger partial charge is 0.454 e. The number of nitrogens with one attached hydrogen (secondary N) is 1. The molecule has 0 bridgehead atoms. The van der Waals surface area contributed by atoms with Crippen molar-refractivity contribution in [1.82, 2.24) is 10.2 Å². The van der Waals surface area contributed by atoms with Crippen molar-refractivity contribution in [3.05, 3.63) is 59.4 Å². The van der Waals surface area contributed by atoms with Crippen molar-refractivity contribution in [3.8, 4) is 11.5 Å². The van der Waals surface area contributed by atoms with E-state index in [0.717, 1.165) is 5.56 Å². The fourth-order valence-electron chi connectivity index (χ4n) is 3.96. The van der Waals surface area contributed by atoms with Crippen LogP contribution in [-0.4, -0.2) is 43.1 Å². The second kappa shape index (κ2) is 8.34. The molecule has 0 radical (unpaired) electrons. The minimum absolute atomic E-state index is 0.112. The Morgan fingerprint density at radius 1 is 1.13 bits per heavy atom. The van der Waals surface area contributed by atoms with Gasteiger partial charge in [-0.25, -0.2) is 4.39 Å². The SMILES string of the molecule is CC(C)CNC(=O)C1CN(C(=O)c2ccc3c(c2)OCO3)CC1c1cccc(F)c1. The van der Waals surface area contributed by atoms with Gasteiger partial charge in [0.1, 0.15) is 5.82 Å². The molecule has 2 aromatic rings. The third-order valence-electron chi connectivity index (χ3n) is 5.52. The maximum Gasteiger partial charge on any atom is 0.254 e. The van der Waals surface area contributed by atoms with Crippen molar-refractivity contribution in [2.24, 2.45) is 11.8 Å². The van der Waals surface area contributed by atoms with E-state index in [0.29, 0.717) is 36.1 Å². The lowest BCUT2D eigenvalue weighted by atomic mass is 9.88. The van der Waals surface area contributed by atoms with Gasteiger partial charge in [-0.2, -0.15) is 0 Å². The number of halogens is 1. The summed E-state index contributed by atoms with van der Waals surface area (Å²) in [5, 5.41) is 2.96. The Morgan fingerprint density at radius 3 is 2.70 bits per heavy atom. The van der Waals surface area contributed by atoms with E-state index in [4.69, 9.17) is 9.47 Å². The predicted octanol–water partition coefficient (Wildman–Crippen LogP) is 3.18. The first kappa shape index (κ1) is 20.2. The number of fused-ring (bicyclic) bond motifs is 1. The minimum atomic E-state index is -0.441. The lowest BCUT2D eigenvalue weighted by molar-refractivity contribution is -0.125. The van der Waals surface area contributed by atoms with E-state index in [9.17, 15) is 14.0 Å². The van der Waals surface area contributed by atoms with Gasteiger partial charge in [0, 0.05) is 31.1 Å². The van der Waals surface area contributed by atoms with Gasteiger partial charge in [-0.1, -0.05) is 26.0 Å². The second-order valence-electron chi connectivity index (χ2n) is 8.19. The first-order valence-corrected chi connectivity index (χ1v) is 10.1. The standard InChI is InChI=1S/C23H25FN2O4/c1-14(2)10-25-22(27)19-12-26(11-18(19)15-4-3-5-17(24)8-15)23(28)16-6-7-20-21(9-16)30-13-29-20/h3-9,14,18-19H,10-13H2,1-2H3,(H,25,27). The summed E-state index contributed by atoms with van der Waals surface area (Å²) in [5.41, 5.74) is 1.20. The molecule has 158 valence electrons. The van der Waals surface area contributed by atoms with Crippen LogP contribution in [-0.2, 0) is 4.79 Å². The first-order chi connectivity index (χ1) is 14.4. The number of carbonyl (C=O) groups excluding carboxylic acids is 2. The van der Waals surface area contributed by atoms with Crippen LogP contribution in [0.5, 0.6) is 11.5 Å². The molecule has 2 heterocycles. The Balaban J connectivity index is 1.57. The van der Waals surface area contributed by atoms with Gasteiger partial charge in [0.15, 0.2) is 11.5 Å². The first-order valence-electron chi connectivity index (χ1n) is 10.1. The molecule has 0 spiro atoms. The van der Waals surface area contributed by atoms with Crippen LogP contribution in [0.2, 0.25) is 0 Å². The molecule has 1 saturated heterocycles. The summed E-state index contributed by atoms with van der Waals surface area (Å²) >= 11 is 0. The third kappa shape index (κ3) is 4.10. The van der Waals surface area contributed by atoms with Gasteiger partial charge in [0.2, 0.25) is 12.7 Å². The second-order valence-corrected chi connectivity index (χ2v) is 8.19. The summed E-state index contributed by atoms with van der Waals surface area (Å²) in [5.74, 6) is 0.0929. The van der Waals surface area contributed by atoms with E-state index >= 15 is 0 Å². The molecule has 7 heteroatoms. The topological polar surface area (TPSA) is 67.9 Å². The molecule has 6 nitrogen and oxygen atoms in total. The van der Waals surface area contributed by atoms with E-state index in [2.05, 4.69) is 5.32 Å². The van der Waals surface area contributed by atoms with Crippen molar-refractivity contribution in [2.75, 3.05) is 26.4 Å². The van der Waals surface area contributed by atoms with E-state index in [1.165, 1.54) is 12.1 Å². The summed E-state index contributed by atoms with van der Waals surface area (Å²) in [7, 11) is 0. The number of nitrogens with zero attached hydrogens (tertiary/aromatic N) is 1. The highest BCUT2D eigenvalue weighted by molar-refractivity contribution is 5.96. The van der Waals surface area contributed by atoms with Gasteiger partial charge < -0.3 is 19.7 Å². The molecule has 2 aliphatic heterocycles. The number of rotatable bonds is 5. The Bertz CT molecular complexity index is 962. The molecule has 30 heavy (non-hydrogen) atoms. The minimum Gasteiger partial charge on any atom is -0.454 e.